The van der Waals surface area contributed by atoms with Crippen LogP contribution in [0.5, 0.6) is 0 Å². The fourth-order valence-corrected chi connectivity index (χ4v) is 3.37. The van der Waals surface area contributed by atoms with Crippen LogP contribution in [0.1, 0.15) is 36.4 Å². The molecule has 0 aromatic carbocycles. The van der Waals surface area contributed by atoms with Crippen LogP contribution in [0.15, 0.2) is 5.38 Å². The smallest absolute Gasteiger partial charge is 0.0897 e. The zero-order valence-corrected chi connectivity index (χ0v) is 11.3. The molecule has 1 fully saturated rings. The summed E-state index contributed by atoms with van der Waals surface area (Å²) in [6.45, 7) is 2.94. The zero-order valence-electron chi connectivity index (χ0n) is 9.71. The Balaban J connectivity index is 1.84. The molecule has 1 saturated carbocycles. The van der Waals surface area contributed by atoms with Gasteiger partial charge in [-0.3, -0.25) is 0 Å². The number of halogens is 1. The molecule has 2 unspecified atom stereocenters. The van der Waals surface area contributed by atoms with Crippen LogP contribution in [0, 0.1) is 12.8 Å². The van der Waals surface area contributed by atoms with Crippen LogP contribution in [0.3, 0.4) is 0 Å². The second kappa shape index (κ2) is 5.99. The summed E-state index contributed by atoms with van der Waals surface area (Å²) in [5.74, 6) is 1.43. The highest BCUT2D eigenvalue weighted by Crippen LogP contribution is 2.25. The Hall–Kier alpha value is -0.120. The SMILES string of the molecule is Cc1nc(CNC2CCCCC2CCl)cs1. The number of thiazole rings is 1. The van der Waals surface area contributed by atoms with Crippen LogP contribution in [-0.2, 0) is 6.54 Å². The molecule has 1 heterocycles. The van der Waals surface area contributed by atoms with Gasteiger partial charge in [-0.1, -0.05) is 12.8 Å². The van der Waals surface area contributed by atoms with E-state index in [-0.39, 0.29) is 0 Å². The number of rotatable bonds is 4. The van der Waals surface area contributed by atoms with Crippen molar-refractivity contribution in [2.45, 2.75) is 45.2 Å². The number of aromatic nitrogens is 1. The molecule has 0 spiro atoms. The van der Waals surface area contributed by atoms with Crippen LogP contribution in [-0.4, -0.2) is 16.9 Å². The number of aryl methyl sites for hydroxylation is 1. The minimum absolute atomic E-state index is 0.591. The molecule has 2 atom stereocenters. The van der Waals surface area contributed by atoms with E-state index in [0.29, 0.717) is 12.0 Å². The molecule has 0 radical (unpaired) electrons. The van der Waals surface area contributed by atoms with Crippen LogP contribution >= 0.6 is 22.9 Å². The van der Waals surface area contributed by atoms with Gasteiger partial charge >= 0.3 is 0 Å². The van der Waals surface area contributed by atoms with E-state index >= 15 is 0 Å². The van der Waals surface area contributed by atoms with Crippen molar-refractivity contribution in [1.82, 2.24) is 10.3 Å². The first-order valence-corrected chi connectivity index (χ1v) is 7.41. The number of hydrogen-bond donors (Lipinski definition) is 1. The summed E-state index contributed by atoms with van der Waals surface area (Å²) in [4.78, 5) is 4.47. The maximum Gasteiger partial charge on any atom is 0.0897 e. The maximum absolute atomic E-state index is 6.01. The van der Waals surface area contributed by atoms with Crippen LogP contribution in [0.4, 0.5) is 0 Å². The van der Waals surface area contributed by atoms with Crippen molar-refractivity contribution in [3.63, 3.8) is 0 Å². The summed E-state index contributed by atoms with van der Waals surface area (Å²) in [5.41, 5.74) is 1.17. The van der Waals surface area contributed by atoms with Gasteiger partial charge in [-0.15, -0.1) is 22.9 Å². The molecule has 4 heteroatoms. The number of alkyl halides is 1. The van der Waals surface area contributed by atoms with Gasteiger partial charge < -0.3 is 5.32 Å². The Morgan fingerprint density at radius 1 is 1.50 bits per heavy atom. The van der Waals surface area contributed by atoms with Gasteiger partial charge in [-0.2, -0.15) is 0 Å². The standard InChI is InChI=1S/C12H19ClN2S/c1-9-15-11(8-16-9)7-14-12-5-3-2-4-10(12)6-13/h8,10,12,14H,2-7H2,1H3. The highest BCUT2D eigenvalue weighted by Gasteiger charge is 2.23. The summed E-state index contributed by atoms with van der Waals surface area (Å²) in [7, 11) is 0. The summed E-state index contributed by atoms with van der Waals surface area (Å²) >= 11 is 7.73. The number of nitrogens with zero attached hydrogens (tertiary/aromatic N) is 1. The molecule has 1 aliphatic carbocycles. The average Bonchev–Trinajstić information content (AvgIpc) is 2.73. The molecule has 2 nitrogen and oxygen atoms in total. The average molecular weight is 259 g/mol. The molecule has 1 aromatic rings. The summed E-state index contributed by atoms with van der Waals surface area (Å²) in [6, 6.07) is 0.591. The first kappa shape index (κ1) is 12.3. The molecule has 0 aliphatic heterocycles. The normalized spacial score (nSPS) is 25.9. The van der Waals surface area contributed by atoms with E-state index < -0.39 is 0 Å². The molecule has 2 rings (SSSR count). The highest BCUT2D eigenvalue weighted by molar-refractivity contribution is 7.09. The third-order valence-electron chi connectivity index (χ3n) is 3.32. The van der Waals surface area contributed by atoms with Crippen molar-refractivity contribution in [3.05, 3.63) is 16.1 Å². The third kappa shape index (κ3) is 3.19. The van der Waals surface area contributed by atoms with Crippen molar-refractivity contribution >= 4 is 22.9 Å². The molecular formula is C12H19ClN2S. The topological polar surface area (TPSA) is 24.9 Å². The molecular weight excluding hydrogens is 240 g/mol. The Morgan fingerprint density at radius 2 is 2.31 bits per heavy atom. The monoisotopic (exact) mass is 258 g/mol. The fraction of sp³-hybridized carbons (Fsp3) is 0.750. The van der Waals surface area contributed by atoms with Crippen LogP contribution < -0.4 is 5.32 Å². The van der Waals surface area contributed by atoms with E-state index in [1.165, 1.54) is 31.4 Å². The zero-order chi connectivity index (χ0) is 11.4. The third-order valence-corrected chi connectivity index (χ3v) is 4.54. The van der Waals surface area contributed by atoms with Gasteiger partial charge in [0.1, 0.15) is 0 Å². The van der Waals surface area contributed by atoms with Gasteiger partial charge in [-0.25, -0.2) is 4.98 Å². The summed E-state index contributed by atoms with van der Waals surface area (Å²) < 4.78 is 0. The Morgan fingerprint density at radius 3 is 3.00 bits per heavy atom. The summed E-state index contributed by atoms with van der Waals surface area (Å²) in [6.07, 6.45) is 5.21. The second-order valence-corrected chi connectivity index (χ2v) is 5.91. The predicted molar refractivity (Wildman–Crippen MR) is 70.2 cm³/mol. The lowest BCUT2D eigenvalue weighted by Gasteiger charge is -2.30. The molecule has 1 aliphatic rings. The van der Waals surface area contributed by atoms with E-state index in [1.807, 2.05) is 0 Å². The van der Waals surface area contributed by atoms with Crippen molar-refractivity contribution in [2.75, 3.05) is 5.88 Å². The highest BCUT2D eigenvalue weighted by atomic mass is 35.5. The van der Waals surface area contributed by atoms with Gasteiger partial charge in [0.15, 0.2) is 0 Å². The van der Waals surface area contributed by atoms with Gasteiger partial charge in [-0.05, 0) is 25.7 Å². The largest absolute Gasteiger partial charge is 0.308 e. The molecule has 90 valence electrons. The van der Waals surface area contributed by atoms with Crippen molar-refractivity contribution in [2.24, 2.45) is 5.92 Å². The lowest BCUT2D eigenvalue weighted by Crippen LogP contribution is -2.39. The number of nitrogens with one attached hydrogen (secondary N) is 1. The van der Waals surface area contributed by atoms with Crippen molar-refractivity contribution in [1.29, 1.82) is 0 Å². The summed E-state index contributed by atoms with van der Waals surface area (Å²) in [5, 5.41) is 6.90. The predicted octanol–water partition coefficient (Wildman–Crippen LogP) is 3.34. The van der Waals surface area contributed by atoms with Gasteiger partial charge in [0, 0.05) is 23.8 Å². The Kier molecular flexibility index (Phi) is 4.62. The molecule has 16 heavy (non-hydrogen) atoms. The van der Waals surface area contributed by atoms with Gasteiger partial charge in [0.2, 0.25) is 0 Å². The quantitative estimate of drug-likeness (QED) is 0.838. The van der Waals surface area contributed by atoms with Crippen molar-refractivity contribution in [3.8, 4) is 0 Å². The van der Waals surface area contributed by atoms with E-state index in [9.17, 15) is 0 Å². The first-order chi connectivity index (χ1) is 7.79. The lowest BCUT2D eigenvalue weighted by atomic mass is 9.86. The Labute approximate surface area is 106 Å². The second-order valence-electron chi connectivity index (χ2n) is 4.54. The van der Waals surface area contributed by atoms with Crippen molar-refractivity contribution < 1.29 is 0 Å². The molecule has 1 N–H and O–H groups in total. The lowest BCUT2D eigenvalue weighted by molar-refractivity contribution is 0.282. The fourth-order valence-electron chi connectivity index (χ4n) is 2.39. The molecule has 0 bridgehead atoms. The van der Waals surface area contributed by atoms with Gasteiger partial charge in [0.25, 0.3) is 0 Å². The van der Waals surface area contributed by atoms with E-state index in [1.54, 1.807) is 11.3 Å². The number of hydrogen-bond acceptors (Lipinski definition) is 3. The first-order valence-electron chi connectivity index (χ1n) is 6.00. The Bertz CT molecular complexity index is 327. The van der Waals surface area contributed by atoms with E-state index in [2.05, 4.69) is 22.6 Å². The van der Waals surface area contributed by atoms with E-state index in [0.717, 1.165) is 17.4 Å². The van der Waals surface area contributed by atoms with Crippen LogP contribution in [0.25, 0.3) is 0 Å². The van der Waals surface area contributed by atoms with Crippen LogP contribution in [0.2, 0.25) is 0 Å². The minimum atomic E-state index is 0.591. The van der Waals surface area contributed by atoms with E-state index in [4.69, 9.17) is 11.6 Å². The molecule has 0 amide bonds. The van der Waals surface area contributed by atoms with Gasteiger partial charge in [0.05, 0.1) is 10.7 Å². The maximum atomic E-state index is 6.01. The molecule has 1 aromatic heterocycles. The molecule has 0 saturated heterocycles. The minimum Gasteiger partial charge on any atom is -0.308 e.